The van der Waals surface area contributed by atoms with Gasteiger partial charge in [-0.05, 0) is 45.2 Å². The number of nitrogens with zero attached hydrogens (tertiary/aromatic N) is 1. The number of aliphatic hydroxyl groups excluding tert-OH is 1. The number of hydrogen-bond acceptors (Lipinski definition) is 2. The summed E-state index contributed by atoms with van der Waals surface area (Å²) in [4.78, 5) is 14.4. The van der Waals surface area contributed by atoms with Crippen LogP contribution in [0.15, 0.2) is 18.2 Å². The lowest BCUT2D eigenvalue weighted by Crippen LogP contribution is -2.43. The Balaban J connectivity index is 2.15. The van der Waals surface area contributed by atoms with Crippen molar-refractivity contribution in [3.63, 3.8) is 0 Å². The van der Waals surface area contributed by atoms with E-state index in [9.17, 15) is 9.90 Å². The normalized spacial score (nSPS) is 21.3. The first-order valence-electron chi connectivity index (χ1n) is 7.03. The number of aliphatic hydroxyl groups is 1. The fraction of sp³-hybridized carbons (Fsp3) is 0.562. The molecule has 0 aromatic heterocycles. The van der Waals surface area contributed by atoms with Gasteiger partial charge in [0.15, 0.2) is 0 Å². The van der Waals surface area contributed by atoms with Gasteiger partial charge in [-0.1, -0.05) is 17.7 Å². The average Bonchev–Trinajstić information content (AvgIpc) is 2.38. The Kier molecular flexibility index (Phi) is 4.25. The van der Waals surface area contributed by atoms with E-state index >= 15 is 0 Å². The Hall–Kier alpha value is -1.35. The average molecular weight is 261 g/mol. The van der Waals surface area contributed by atoms with Crippen LogP contribution in [-0.2, 0) is 0 Å². The van der Waals surface area contributed by atoms with Gasteiger partial charge in [0.05, 0.1) is 6.10 Å². The van der Waals surface area contributed by atoms with Gasteiger partial charge in [0, 0.05) is 24.6 Å². The van der Waals surface area contributed by atoms with Crippen molar-refractivity contribution in [2.75, 3.05) is 13.1 Å². The van der Waals surface area contributed by atoms with Gasteiger partial charge in [-0.2, -0.15) is 0 Å². The Bertz CT molecular complexity index is 468. The van der Waals surface area contributed by atoms with E-state index in [0.717, 1.165) is 30.5 Å². The summed E-state index contributed by atoms with van der Waals surface area (Å²) in [5, 5.41) is 9.70. The van der Waals surface area contributed by atoms with Crippen molar-refractivity contribution in [2.24, 2.45) is 5.92 Å². The lowest BCUT2D eigenvalue weighted by molar-refractivity contribution is 0.0465. The molecule has 0 aliphatic carbocycles. The molecule has 3 heteroatoms. The summed E-state index contributed by atoms with van der Waals surface area (Å²) in [5.74, 6) is 0.311. The Morgan fingerprint density at radius 2 is 2.16 bits per heavy atom. The third kappa shape index (κ3) is 3.16. The van der Waals surface area contributed by atoms with Gasteiger partial charge in [-0.25, -0.2) is 0 Å². The van der Waals surface area contributed by atoms with Gasteiger partial charge in [-0.15, -0.1) is 0 Å². The van der Waals surface area contributed by atoms with E-state index in [2.05, 4.69) is 0 Å². The van der Waals surface area contributed by atoms with Crippen LogP contribution in [0.3, 0.4) is 0 Å². The van der Waals surface area contributed by atoms with E-state index in [-0.39, 0.29) is 17.9 Å². The molecule has 1 aromatic carbocycles. The molecule has 1 heterocycles. The monoisotopic (exact) mass is 261 g/mol. The number of likely N-dealkylation sites (tertiary alicyclic amines) is 1. The molecule has 0 saturated carbocycles. The second-order valence-corrected chi connectivity index (χ2v) is 5.71. The quantitative estimate of drug-likeness (QED) is 0.888. The maximum Gasteiger partial charge on any atom is 0.254 e. The molecule has 1 saturated heterocycles. The highest BCUT2D eigenvalue weighted by Crippen LogP contribution is 2.22. The molecule has 1 amide bonds. The molecule has 1 aromatic rings. The summed E-state index contributed by atoms with van der Waals surface area (Å²) in [6, 6.07) is 5.94. The molecule has 3 nitrogen and oxygen atoms in total. The molecule has 1 N–H and O–H groups in total. The minimum Gasteiger partial charge on any atom is -0.393 e. The standard InChI is InChI=1S/C16H23NO2/c1-11-6-7-15(12(2)9-11)16(19)17-8-4-5-14(10-17)13(3)18/h6-7,9,13-14,18H,4-5,8,10H2,1-3H3. The molecule has 1 fully saturated rings. The first kappa shape index (κ1) is 14.1. The second-order valence-electron chi connectivity index (χ2n) is 5.71. The summed E-state index contributed by atoms with van der Waals surface area (Å²) < 4.78 is 0. The smallest absolute Gasteiger partial charge is 0.254 e. The number of benzene rings is 1. The molecule has 2 atom stereocenters. The van der Waals surface area contributed by atoms with Crippen molar-refractivity contribution in [1.29, 1.82) is 0 Å². The zero-order valence-electron chi connectivity index (χ0n) is 12.0. The molecule has 2 rings (SSSR count). The molecule has 104 valence electrons. The summed E-state index contributed by atoms with van der Waals surface area (Å²) in [5.41, 5.74) is 3.00. The topological polar surface area (TPSA) is 40.5 Å². The minimum absolute atomic E-state index is 0.0999. The Labute approximate surface area is 115 Å². The van der Waals surface area contributed by atoms with Crippen molar-refractivity contribution < 1.29 is 9.90 Å². The number of hydrogen-bond donors (Lipinski definition) is 1. The molecule has 2 unspecified atom stereocenters. The van der Waals surface area contributed by atoms with Crippen molar-refractivity contribution in [2.45, 2.75) is 39.7 Å². The van der Waals surface area contributed by atoms with Crippen LogP contribution in [0.4, 0.5) is 0 Å². The highest BCUT2D eigenvalue weighted by molar-refractivity contribution is 5.95. The number of rotatable bonds is 2. The third-order valence-corrected chi connectivity index (χ3v) is 4.04. The highest BCUT2D eigenvalue weighted by atomic mass is 16.3. The number of amides is 1. The number of carbonyl (C=O) groups is 1. The van der Waals surface area contributed by atoms with Crippen LogP contribution in [0.25, 0.3) is 0 Å². The SMILES string of the molecule is Cc1ccc(C(=O)N2CCCC(C(C)O)C2)c(C)c1. The summed E-state index contributed by atoms with van der Waals surface area (Å²) >= 11 is 0. The Morgan fingerprint density at radius 1 is 1.42 bits per heavy atom. The lowest BCUT2D eigenvalue weighted by atomic mass is 9.92. The molecular weight excluding hydrogens is 238 g/mol. The number of carbonyl (C=O) groups excluding carboxylic acids is 1. The lowest BCUT2D eigenvalue weighted by Gasteiger charge is -2.34. The first-order valence-corrected chi connectivity index (χ1v) is 7.03. The van der Waals surface area contributed by atoms with Gasteiger partial charge < -0.3 is 10.0 Å². The van der Waals surface area contributed by atoms with Crippen molar-refractivity contribution in [3.8, 4) is 0 Å². The van der Waals surface area contributed by atoms with Gasteiger partial charge in [0.25, 0.3) is 5.91 Å². The maximum atomic E-state index is 12.5. The maximum absolute atomic E-state index is 12.5. The predicted octanol–water partition coefficient (Wildman–Crippen LogP) is 2.54. The Morgan fingerprint density at radius 3 is 2.79 bits per heavy atom. The molecule has 19 heavy (non-hydrogen) atoms. The third-order valence-electron chi connectivity index (χ3n) is 4.04. The molecule has 0 spiro atoms. The predicted molar refractivity (Wildman–Crippen MR) is 76.2 cm³/mol. The van der Waals surface area contributed by atoms with Crippen LogP contribution in [-0.4, -0.2) is 35.1 Å². The van der Waals surface area contributed by atoms with Crippen LogP contribution in [0.2, 0.25) is 0 Å². The number of piperidine rings is 1. The van der Waals surface area contributed by atoms with Crippen LogP contribution < -0.4 is 0 Å². The van der Waals surface area contributed by atoms with Gasteiger partial charge in [-0.3, -0.25) is 4.79 Å². The number of aryl methyl sites for hydroxylation is 2. The van der Waals surface area contributed by atoms with Crippen LogP contribution in [0.5, 0.6) is 0 Å². The van der Waals surface area contributed by atoms with Gasteiger partial charge in [0.2, 0.25) is 0 Å². The van der Waals surface area contributed by atoms with Gasteiger partial charge >= 0.3 is 0 Å². The van der Waals surface area contributed by atoms with E-state index in [4.69, 9.17) is 0 Å². The minimum atomic E-state index is -0.338. The van der Waals surface area contributed by atoms with Crippen LogP contribution in [0.1, 0.15) is 41.3 Å². The summed E-state index contributed by atoms with van der Waals surface area (Å²) in [7, 11) is 0. The largest absolute Gasteiger partial charge is 0.393 e. The van der Waals surface area contributed by atoms with Crippen molar-refractivity contribution >= 4 is 5.91 Å². The molecule has 0 radical (unpaired) electrons. The highest BCUT2D eigenvalue weighted by Gasteiger charge is 2.27. The van der Waals surface area contributed by atoms with Crippen LogP contribution >= 0.6 is 0 Å². The molecule has 0 bridgehead atoms. The fourth-order valence-electron chi connectivity index (χ4n) is 2.81. The van der Waals surface area contributed by atoms with Gasteiger partial charge in [0.1, 0.15) is 0 Å². The zero-order valence-corrected chi connectivity index (χ0v) is 12.0. The molecule has 1 aliphatic heterocycles. The zero-order chi connectivity index (χ0) is 14.0. The summed E-state index contributed by atoms with van der Waals surface area (Å²) in [6.45, 7) is 7.30. The van der Waals surface area contributed by atoms with E-state index < -0.39 is 0 Å². The van der Waals surface area contributed by atoms with E-state index in [0.29, 0.717) is 6.54 Å². The fourth-order valence-corrected chi connectivity index (χ4v) is 2.81. The van der Waals surface area contributed by atoms with Crippen molar-refractivity contribution in [1.82, 2.24) is 4.90 Å². The van der Waals surface area contributed by atoms with E-state index in [1.165, 1.54) is 5.56 Å². The van der Waals surface area contributed by atoms with Crippen LogP contribution in [0, 0.1) is 19.8 Å². The van der Waals surface area contributed by atoms with E-state index in [1.807, 2.05) is 43.9 Å². The molecular formula is C16H23NO2. The molecule has 1 aliphatic rings. The second kappa shape index (κ2) is 5.74. The first-order chi connectivity index (χ1) is 8.99. The van der Waals surface area contributed by atoms with E-state index in [1.54, 1.807) is 0 Å². The van der Waals surface area contributed by atoms with Crippen molar-refractivity contribution in [3.05, 3.63) is 34.9 Å². The summed E-state index contributed by atoms with van der Waals surface area (Å²) in [6.07, 6.45) is 1.65.